The molecule has 1 aliphatic rings. The van der Waals surface area contributed by atoms with Crippen LogP contribution in [0.5, 0.6) is 0 Å². The first-order chi connectivity index (χ1) is 7.31. The van der Waals surface area contributed by atoms with Crippen LogP contribution in [-0.2, 0) is 4.74 Å². The molecule has 1 atom stereocenters. The first kappa shape index (κ1) is 12.6. The van der Waals surface area contributed by atoms with Crippen molar-refractivity contribution in [2.45, 2.75) is 26.4 Å². The molecular weight excluding hydrogens is 208 g/mol. The summed E-state index contributed by atoms with van der Waals surface area (Å²) < 4.78 is 5.61. The van der Waals surface area contributed by atoms with Gasteiger partial charge < -0.3 is 9.64 Å². The molecule has 0 aromatic rings. The molecule has 0 amide bonds. The van der Waals surface area contributed by atoms with Crippen molar-refractivity contribution in [2.24, 2.45) is 4.99 Å². The Kier molecular flexibility index (Phi) is 5.79. The number of hydrogen-bond donors (Lipinski definition) is 0. The lowest BCUT2D eigenvalue weighted by atomic mass is 10.3. The molecule has 4 heteroatoms. The molecule has 3 nitrogen and oxygen atoms in total. The minimum absolute atomic E-state index is 0.377. The molecule has 1 rings (SSSR count). The third kappa shape index (κ3) is 3.87. The van der Waals surface area contributed by atoms with Crippen molar-refractivity contribution < 1.29 is 4.74 Å². The van der Waals surface area contributed by atoms with Crippen LogP contribution in [0.3, 0.4) is 0 Å². The van der Waals surface area contributed by atoms with Crippen molar-refractivity contribution in [3.8, 4) is 0 Å². The van der Waals surface area contributed by atoms with Gasteiger partial charge in [0.25, 0.3) is 0 Å². The van der Waals surface area contributed by atoms with Crippen molar-refractivity contribution in [2.75, 3.05) is 26.2 Å². The second kappa shape index (κ2) is 6.90. The van der Waals surface area contributed by atoms with Crippen LogP contribution in [-0.4, -0.2) is 42.4 Å². The van der Waals surface area contributed by atoms with Gasteiger partial charge in [0.15, 0.2) is 5.17 Å². The maximum atomic E-state index is 5.61. The molecule has 0 bridgehead atoms. The molecular formula is C11H20N2OS. The standard InChI is InChI=1S/C11H20N2OS/c1-4-12-11(15-6-3)13-8-7-10(9-13)14-5-2/h6,10H,3-5,7-9H2,1-2H3/t10-/m1/s1. The topological polar surface area (TPSA) is 24.8 Å². The molecule has 0 radical (unpaired) electrons. The number of aliphatic imine (C=N–C) groups is 1. The summed E-state index contributed by atoms with van der Waals surface area (Å²) in [5.74, 6) is 0. The lowest BCUT2D eigenvalue weighted by molar-refractivity contribution is 0.0734. The highest BCUT2D eigenvalue weighted by Gasteiger charge is 2.24. The first-order valence-corrected chi connectivity index (χ1v) is 6.38. The van der Waals surface area contributed by atoms with Crippen LogP contribution in [0.25, 0.3) is 0 Å². The lowest BCUT2D eigenvalue weighted by Crippen LogP contribution is -2.28. The van der Waals surface area contributed by atoms with E-state index in [1.165, 1.54) is 0 Å². The molecule has 1 heterocycles. The van der Waals surface area contributed by atoms with Gasteiger partial charge in [0.1, 0.15) is 0 Å². The molecule has 0 aromatic heterocycles. The van der Waals surface area contributed by atoms with E-state index in [1.807, 2.05) is 12.3 Å². The lowest BCUT2D eigenvalue weighted by Gasteiger charge is -2.18. The SMILES string of the molecule is C=CSC(=NCC)N1CC[C@@H](OCC)C1. The summed E-state index contributed by atoms with van der Waals surface area (Å²) in [4.78, 5) is 6.76. The van der Waals surface area contributed by atoms with Gasteiger partial charge in [-0.1, -0.05) is 18.3 Å². The molecule has 15 heavy (non-hydrogen) atoms. The zero-order chi connectivity index (χ0) is 11.1. The van der Waals surface area contributed by atoms with Gasteiger partial charge in [-0.05, 0) is 25.7 Å². The number of amidine groups is 1. The largest absolute Gasteiger partial charge is 0.377 e. The summed E-state index contributed by atoms with van der Waals surface area (Å²) in [5, 5.41) is 2.91. The maximum Gasteiger partial charge on any atom is 0.163 e. The second-order valence-corrected chi connectivity index (χ2v) is 4.29. The van der Waals surface area contributed by atoms with E-state index in [1.54, 1.807) is 11.8 Å². The third-order valence-corrected chi connectivity index (χ3v) is 3.06. The van der Waals surface area contributed by atoms with Crippen LogP contribution in [0.1, 0.15) is 20.3 Å². The van der Waals surface area contributed by atoms with Gasteiger partial charge in [-0.2, -0.15) is 0 Å². The number of thioether (sulfide) groups is 1. The Labute approximate surface area is 96.6 Å². The van der Waals surface area contributed by atoms with Gasteiger partial charge in [-0.15, -0.1) is 0 Å². The third-order valence-electron chi connectivity index (χ3n) is 2.30. The Balaban J connectivity index is 2.48. The summed E-state index contributed by atoms with van der Waals surface area (Å²) in [5.41, 5.74) is 0. The number of rotatable bonds is 4. The predicted molar refractivity (Wildman–Crippen MR) is 67.4 cm³/mol. The van der Waals surface area contributed by atoms with Crippen LogP contribution in [0.4, 0.5) is 0 Å². The van der Waals surface area contributed by atoms with Crippen LogP contribution in [0.15, 0.2) is 17.0 Å². The van der Waals surface area contributed by atoms with E-state index in [2.05, 4.69) is 23.4 Å². The minimum atomic E-state index is 0.377. The molecule has 0 spiro atoms. The molecule has 1 aliphatic heterocycles. The molecule has 0 N–H and O–H groups in total. The maximum absolute atomic E-state index is 5.61. The van der Waals surface area contributed by atoms with Crippen LogP contribution >= 0.6 is 11.8 Å². The smallest absolute Gasteiger partial charge is 0.163 e. The van der Waals surface area contributed by atoms with Gasteiger partial charge in [0.2, 0.25) is 0 Å². The van der Waals surface area contributed by atoms with Gasteiger partial charge in [-0.25, -0.2) is 0 Å². The van der Waals surface area contributed by atoms with Crippen LogP contribution in [0, 0.1) is 0 Å². The van der Waals surface area contributed by atoms with Crippen LogP contribution < -0.4 is 0 Å². The fourth-order valence-electron chi connectivity index (χ4n) is 1.70. The van der Waals surface area contributed by atoms with Crippen molar-refractivity contribution in [3.63, 3.8) is 0 Å². The fourth-order valence-corrected chi connectivity index (χ4v) is 2.36. The Hall–Kier alpha value is -0.480. The zero-order valence-corrected chi connectivity index (χ0v) is 10.4. The Morgan fingerprint density at radius 1 is 1.67 bits per heavy atom. The number of ether oxygens (including phenoxy) is 1. The van der Waals surface area contributed by atoms with Crippen LogP contribution in [0.2, 0.25) is 0 Å². The number of likely N-dealkylation sites (tertiary alicyclic amines) is 1. The van der Waals surface area contributed by atoms with E-state index in [9.17, 15) is 0 Å². The summed E-state index contributed by atoms with van der Waals surface area (Å²) in [7, 11) is 0. The molecule has 0 aromatic carbocycles. The quantitative estimate of drug-likeness (QED) is 0.545. The van der Waals surface area contributed by atoms with Gasteiger partial charge in [-0.3, -0.25) is 4.99 Å². The summed E-state index contributed by atoms with van der Waals surface area (Å²) >= 11 is 1.60. The average molecular weight is 228 g/mol. The zero-order valence-electron chi connectivity index (χ0n) is 9.61. The Morgan fingerprint density at radius 3 is 3.07 bits per heavy atom. The van der Waals surface area contributed by atoms with E-state index in [4.69, 9.17) is 4.74 Å². The highest BCUT2D eigenvalue weighted by Crippen LogP contribution is 2.18. The van der Waals surface area contributed by atoms with Crippen molar-refractivity contribution in [1.29, 1.82) is 0 Å². The molecule has 0 aliphatic carbocycles. The summed E-state index contributed by atoms with van der Waals surface area (Å²) in [6.07, 6.45) is 1.48. The van der Waals surface area contributed by atoms with E-state index in [0.29, 0.717) is 6.10 Å². The molecule has 1 fully saturated rings. The normalized spacial score (nSPS) is 22.1. The highest BCUT2D eigenvalue weighted by molar-refractivity contribution is 8.16. The van der Waals surface area contributed by atoms with E-state index in [-0.39, 0.29) is 0 Å². The van der Waals surface area contributed by atoms with Crippen molar-refractivity contribution in [1.82, 2.24) is 4.90 Å². The molecule has 86 valence electrons. The van der Waals surface area contributed by atoms with Crippen molar-refractivity contribution >= 4 is 16.9 Å². The predicted octanol–water partition coefficient (Wildman–Crippen LogP) is 2.35. The average Bonchev–Trinajstić information content (AvgIpc) is 2.67. The Morgan fingerprint density at radius 2 is 2.47 bits per heavy atom. The molecule has 0 unspecified atom stereocenters. The fraction of sp³-hybridized carbons (Fsp3) is 0.727. The molecule has 1 saturated heterocycles. The molecule has 0 saturated carbocycles. The highest BCUT2D eigenvalue weighted by atomic mass is 32.2. The van der Waals surface area contributed by atoms with Gasteiger partial charge in [0.05, 0.1) is 6.10 Å². The first-order valence-electron chi connectivity index (χ1n) is 5.50. The second-order valence-electron chi connectivity index (χ2n) is 3.35. The number of nitrogens with zero attached hydrogens (tertiary/aromatic N) is 2. The van der Waals surface area contributed by atoms with E-state index >= 15 is 0 Å². The Bertz CT molecular complexity index is 231. The summed E-state index contributed by atoms with van der Waals surface area (Å²) in [6, 6.07) is 0. The minimum Gasteiger partial charge on any atom is -0.377 e. The van der Waals surface area contributed by atoms with Gasteiger partial charge >= 0.3 is 0 Å². The summed E-state index contributed by atoms with van der Waals surface area (Å²) in [6.45, 7) is 11.5. The number of hydrogen-bond acceptors (Lipinski definition) is 3. The van der Waals surface area contributed by atoms with Gasteiger partial charge in [0, 0.05) is 26.2 Å². The monoisotopic (exact) mass is 228 g/mol. The van der Waals surface area contributed by atoms with Crippen molar-refractivity contribution in [3.05, 3.63) is 12.0 Å². The van der Waals surface area contributed by atoms with E-state index < -0.39 is 0 Å². The van der Waals surface area contributed by atoms with E-state index in [0.717, 1.165) is 37.8 Å².